The van der Waals surface area contributed by atoms with E-state index in [1.54, 1.807) is 0 Å². The summed E-state index contributed by atoms with van der Waals surface area (Å²) in [7, 11) is 0. The molecule has 0 aromatic carbocycles. The molecule has 0 saturated carbocycles. The Balaban J connectivity index is 4.16. The van der Waals surface area contributed by atoms with E-state index in [0.29, 0.717) is 19.3 Å². The average Bonchev–Trinajstić information content (AvgIpc) is 3.45. The molecule has 0 rings (SSSR count). The molecule has 0 amide bonds. The largest absolute Gasteiger partial charge is 0.462 e. The van der Waals surface area contributed by atoms with Gasteiger partial charge in [-0.2, -0.15) is 0 Å². The molecule has 0 aromatic rings. The Labute approximate surface area is 493 Å². The highest BCUT2D eigenvalue weighted by molar-refractivity contribution is 5.71. The number of hydrogen-bond acceptors (Lipinski definition) is 6. The number of ether oxygens (including phenoxy) is 3. The van der Waals surface area contributed by atoms with E-state index < -0.39 is 6.10 Å². The average molecular weight is 1110 g/mol. The Kier molecular flexibility index (Phi) is 66.1. The van der Waals surface area contributed by atoms with Crippen LogP contribution in [0.15, 0.2) is 36.5 Å². The van der Waals surface area contributed by atoms with Crippen LogP contribution in [0.1, 0.15) is 393 Å². The summed E-state index contributed by atoms with van der Waals surface area (Å²) in [4.78, 5) is 38.4. The first-order valence-electron chi connectivity index (χ1n) is 35.5. The Hall–Kier alpha value is -2.37. The quantitative estimate of drug-likeness (QED) is 0.0261. The summed E-state index contributed by atoms with van der Waals surface area (Å²) in [6.45, 7) is 6.59. The number of esters is 3. The summed E-state index contributed by atoms with van der Waals surface area (Å²) in [6, 6.07) is 0. The van der Waals surface area contributed by atoms with E-state index in [0.717, 1.165) is 96.3 Å². The van der Waals surface area contributed by atoms with Gasteiger partial charge in [-0.3, -0.25) is 14.4 Å². The van der Waals surface area contributed by atoms with Gasteiger partial charge in [-0.05, 0) is 51.4 Å². The van der Waals surface area contributed by atoms with Gasteiger partial charge in [0.05, 0.1) is 0 Å². The molecule has 1 unspecified atom stereocenters. The Morgan fingerprint density at radius 2 is 0.494 bits per heavy atom. The van der Waals surface area contributed by atoms with Gasteiger partial charge in [0.1, 0.15) is 13.2 Å². The third-order valence-corrected chi connectivity index (χ3v) is 16.2. The molecule has 0 aliphatic rings. The Bertz CT molecular complexity index is 1320. The minimum atomic E-state index is -0.777. The lowest BCUT2D eigenvalue weighted by Crippen LogP contribution is -2.30. The minimum absolute atomic E-state index is 0.0720. The van der Waals surface area contributed by atoms with E-state index in [1.165, 1.54) is 257 Å². The molecule has 6 nitrogen and oxygen atoms in total. The second kappa shape index (κ2) is 68.1. The molecule has 0 fully saturated rings. The molecule has 0 aromatic heterocycles. The van der Waals surface area contributed by atoms with Crippen molar-refractivity contribution in [3.05, 3.63) is 36.5 Å². The summed E-state index contributed by atoms with van der Waals surface area (Å²) in [5.74, 6) is -0.861. The van der Waals surface area contributed by atoms with Crippen LogP contribution < -0.4 is 0 Å². The smallest absolute Gasteiger partial charge is 0.306 e. The minimum Gasteiger partial charge on any atom is -0.462 e. The normalized spacial score (nSPS) is 12.2. The van der Waals surface area contributed by atoms with Gasteiger partial charge in [-0.25, -0.2) is 0 Å². The lowest BCUT2D eigenvalue weighted by atomic mass is 10.0. The topological polar surface area (TPSA) is 78.9 Å². The highest BCUT2D eigenvalue weighted by Crippen LogP contribution is 2.19. The summed E-state index contributed by atoms with van der Waals surface area (Å²) >= 11 is 0. The number of allylic oxidation sites excluding steroid dienone is 6. The van der Waals surface area contributed by atoms with Crippen molar-refractivity contribution in [1.82, 2.24) is 0 Å². The van der Waals surface area contributed by atoms with Crippen molar-refractivity contribution in [3.8, 4) is 0 Å². The van der Waals surface area contributed by atoms with Crippen LogP contribution in [0.5, 0.6) is 0 Å². The molecular formula is C73H136O6. The van der Waals surface area contributed by atoms with Crippen molar-refractivity contribution >= 4 is 17.9 Å². The van der Waals surface area contributed by atoms with Crippen molar-refractivity contribution in [3.63, 3.8) is 0 Å². The zero-order valence-corrected chi connectivity index (χ0v) is 53.4. The first-order valence-corrected chi connectivity index (χ1v) is 35.5. The molecule has 0 aliphatic carbocycles. The Morgan fingerprint density at radius 1 is 0.266 bits per heavy atom. The first kappa shape index (κ1) is 76.6. The number of unbranched alkanes of at least 4 members (excludes halogenated alkanes) is 49. The maximum absolute atomic E-state index is 12.9. The predicted molar refractivity (Wildman–Crippen MR) is 344 cm³/mol. The highest BCUT2D eigenvalue weighted by atomic mass is 16.6. The van der Waals surface area contributed by atoms with Crippen molar-refractivity contribution in [2.45, 2.75) is 399 Å². The molecule has 0 heterocycles. The second-order valence-electron chi connectivity index (χ2n) is 24.1. The molecule has 6 heteroatoms. The summed E-state index contributed by atoms with van der Waals surface area (Å²) in [6.07, 6.45) is 84.8. The van der Waals surface area contributed by atoms with Crippen LogP contribution in [-0.2, 0) is 28.6 Å². The fourth-order valence-electron chi connectivity index (χ4n) is 10.9. The number of rotatable bonds is 66. The van der Waals surface area contributed by atoms with E-state index in [1.807, 2.05) is 0 Å². The Morgan fingerprint density at radius 3 is 0.772 bits per heavy atom. The van der Waals surface area contributed by atoms with Gasteiger partial charge in [0.25, 0.3) is 0 Å². The number of carbonyl (C=O) groups is 3. The van der Waals surface area contributed by atoms with E-state index in [2.05, 4.69) is 57.2 Å². The molecule has 0 bridgehead atoms. The van der Waals surface area contributed by atoms with Gasteiger partial charge in [-0.15, -0.1) is 0 Å². The maximum atomic E-state index is 12.9. The maximum Gasteiger partial charge on any atom is 0.306 e. The first-order chi connectivity index (χ1) is 39.0. The van der Waals surface area contributed by atoms with Gasteiger partial charge >= 0.3 is 17.9 Å². The molecule has 0 saturated heterocycles. The predicted octanol–water partition coefficient (Wildman–Crippen LogP) is 24.3. The van der Waals surface area contributed by atoms with Crippen LogP contribution in [0, 0.1) is 0 Å². The molecule has 0 N–H and O–H groups in total. The zero-order valence-electron chi connectivity index (χ0n) is 53.4. The highest BCUT2D eigenvalue weighted by Gasteiger charge is 2.19. The monoisotopic (exact) mass is 1110 g/mol. The van der Waals surface area contributed by atoms with Crippen LogP contribution in [0.3, 0.4) is 0 Å². The summed E-state index contributed by atoms with van der Waals surface area (Å²) < 4.78 is 17.0. The molecule has 464 valence electrons. The zero-order chi connectivity index (χ0) is 57.1. The molecule has 0 radical (unpaired) electrons. The van der Waals surface area contributed by atoms with E-state index in [4.69, 9.17) is 14.2 Å². The molecule has 1 atom stereocenters. The molecule has 0 spiro atoms. The molecular weight excluding hydrogens is 973 g/mol. The van der Waals surface area contributed by atoms with Crippen LogP contribution in [0.2, 0.25) is 0 Å². The van der Waals surface area contributed by atoms with Gasteiger partial charge in [0, 0.05) is 19.3 Å². The van der Waals surface area contributed by atoms with Crippen molar-refractivity contribution in [2.75, 3.05) is 13.2 Å². The fraction of sp³-hybridized carbons (Fsp3) is 0.877. The van der Waals surface area contributed by atoms with E-state index in [-0.39, 0.29) is 31.1 Å². The van der Waals surface area contributed by atoms with Crippen LogP contribution in [-0.4, -0.2) is 37.2 Å². The number of carbonyl (C=O) groups excluding carboxylic acids is 3. The van der Waals surface area contributed by atoms with Crippen molar-refractivity contribution < 1.29 is 28.6 Å². The third kappa shape index (κ3) is 66.3. The van der Waals surface area contributed by atoms with Gasteiger partial charge in [0.15, 0.2) is 6.10 Å². The fourth-order valence-corrected chi connectivity index (χ4v) is 10.9. The summed E-state index contributed by atoms with van der Waals surface area (Å²) in [5, 5.41) is 0. The van der Waals surface area contributed by atoms with E-state index >= 15 is 0 Å². The third-order valence-electron chi connectivity index (χ3n) is 16.2. The van der Waals surface area contributed by atoms with Crippen LogP contribution in [0.4, 0.5) is 0 Å². The number of hydrogen-bond donors (Lipinski definition) is 0. The van der Waals surface area contributed by atoms with Crippen molar-refractivity contribution in [1.29, 1.82) is 0 Å². The van der Waals surface area contributed by atoms with Gasteiger partial charge in [-0.1, -0.05) is 359 Å². The SMILES string of the molecule is CC/C=C\C/C=C\C/C=C\CCCCCCCC(=O)OCC(COC(=O)CCCCCCCCCCCCCCCCCCCCCCCCCCCCCCCC)OC(=O)CCCCCCCCCCCCCCCCCC. The van der Waals surface area contributed by atoms with Crippen LogP contribution in [0.25, 0.3) is 0 Å². The lowest BCUT2D eigenvalue weighted by Gasteiger charge is -2.18. The lowest BCUT2D eigenvalue weighted by molar-refractivity contribution is -0.167. The van der Waals surface area contributed by atoms with Crippen LogP contribution >= 0.6 is 0 Å². The van der Waals surface area contributed by atoms with Gasteiger partial charge in [0.2, 0.25) is 0 Å². The van der Waals surface area contributed by atoms with Crippen molar-refractivity contribution in [2.24, 2.45) is 0 Å². The second-order valence-corrected chi connectivity index (χ2v) is 24.1. The van der Waals surface area contributed by atoms with E-state index in [9.17, 15) is 14.4 Å². The molecule has 0 aliphatic heterocycles. The standard InChI is InChI=1S/C73H136O6/c1-4-7-10-13-16-19-22-25-28-30-31-32-33-34-35-36-37-38-39-40-41-42-43-46-48-51-54-57-60-63-66-72(75)78-69-70(68-77-71(74)65-62-59-56-53-50-47-44-27-24-21-18-15-12-9-6-3)79-73(76)67-64-61-58-55-52-49-45-29-26-23-20-17-14-11-8-5-2/h9,12,18,21,27,44,70H,4-8,10-11,13-17,19-20,22-26,28-43,45-69H2,1-3H3/b12-9-,21-18-,44-27-. The van der Waals surface area contributed by atoms with Gasteiger partial charge < -0.3 is 14.2 Å². The molecule has 79 heavy (non-hydrogen) atoms. The summed E-state index contributed by atoms with van der Waals surface area (Å²) in [5.41, 5.74) is 0.